The van der Waals surface area contributed by atoms with Crippen molar-refractivity contribution in [2.75, 3.05) is 0 Å². The second-order valence-corrected chi connectivity index (χ2v) is 4.34. The molecule has 1 aromatic heterocycles. The van der Waals surface area contributed by atoms with Gasteiger partial charge in [-0.05, 0) is 17.7 Å². The van der Waals surface area contributed by atoms with Gasteiger partial charge in [0.1, 0.15) is 12.1 Å². The van der Waals surface area contributed by atoms with E-state index in [9.17, 15) is 0 Å². The maximum Gasteiger partial charge on any atom is 0.176 e. The summed E-state index contributed by atoms with van der Waals surface area (Å²) in [5.41, 5.74) is 1.52. The maximum atomic E-state index is 8.97. The second kappa shape index (κ2) is 4.82. The molecule has 0 bridgehead atoms. The first-order chi connectivity index (χ1) is 8.24. The summed E-state index contributed by atoms with van der Waals surface area (Å²) in [6, 6.07) is 11.7. The molecule has 0 radical (unpaired) electrons. The fourth-order valence-electron chi connectivity index (χ4n) is 1.49. The summed E-state index contributed by atoms with van der Waals surface area (Å²) < 4.78 is 2.67. The Morgan fingerprint density at radius 1 is 1.18 bits per heavy atom. The van der Waals surface area contributed by atoms with E-state index in [4.69, 9.17) is 10.5 Å². The molecule has 0 atom stereocenters. The van der Waals surface area contributed by atoms with Crippen LogP contribution in [-0.2, 0) is 6.54 Å². The largest absolute Gasteiger partial charge is 0.317 e. The van der Waals surface area contributed by atoms with Crippen molar-refractivity contribution in [2.24, 2.45) is 0 Å². The highest BCUT2D eigenvalue weighted by Gasteiger charge is 2.09. The number of nitriles is 2. The van der Waals surface area contributed by atoms with E-state index in [1.807, 2.05) is 36.4 Å². The summed E-state index contributed by atoms with van der Waals surface area (Å²) in [4.78, 5) is 3.89. The van der Waals surface area contributed by atoms with Crippen molar-refractivity contribution in [3.63, 3.8) is 0 Å². The normalized spacial score (nSPS) is 9.59. The zero-order chi connectivity index (χ0) is 12.3. The molecule has 0 N–H and O–H groups in total. The Kier molecular flexibility index (Phi) is 3.22. The molecule has 0 saturated heterocycles. The fourth-order valence-corrected chi connectivity index (χ4v) is 1.75. The Hall–Kier alpha value is -2.11. The predicted molar refractivity (Wildman–Crippen MR) is 64.9 cm³/mol. The van der Waals surface area contributed by atoms with Crippen LogP contribution >= 0.6 is 15.9 Å². The van der Waals surface area contributed by atoms with E-state index >= 15 is 0 Å². The van der Waals surface area contributed by atoms with Crippen LogP contribution in [0.5, 0.6) is 0 Å². The van der Waals surface area contributed by atoms with E-state index in [1.165, 1.54) is 6.33 Å². The van der Waals surface area contributed by atoms with Gasteiger partial charge in [-0.2, -0.15) is 10.5 Å². The Morgan fingerprint density at radius 3 is 2.47 bits per heavy atom. The number of halogens is 1. The Bertz CT molecular complexity index is 613. The molecule has 0 saturated carbocycles. The third-order valence-electron chi connectivity index (χ3n) is 2.32. The zero-order valence-electron chi connectivity index (χ0n) is 8.76. The van der Waals surface area contributed by atoms with E-state index in [0.717, 1.165) is 10.0 Å². The highest BCUT2D eigenvalue weighted by atomic mass is 79.9. The van der Waals surface area contributed by atoms with Crippen molar-refractivity contribution < 1.29 is 0 Å². The summed E-state index contributed by atoms with van der Waals surface area (Å²) in [7, 11) is 0. The Labute approximate surface area is 107 Å². The van der Waals surface area contributed by atoms with Crippen molar-refractivity contribution in [3.8, 4) is 12.1 Å². The van der Waals surface area contributed by atoms with Gasteiger partial charge in [0.15, 0.2) is 11.4 Å². The van der Waals surface area contributed by atoms with E-state index in [-0.39, 0.29) is 5.69 Å². The van der Waals surface area contributed by atoms with Gasteiger partial charge >= 0.3 is 0 Å². The second-order valence-electron chi connectivity index (χ2n) is 3.42. The first kappa shape index (κ1) is 11.4. The molecule has 0 aliphatic carbocycles. The minimum absolute atomic E-state index is 0.171. The van der Waals surface area contributed by atoms with E-state index in [2.05, 4.69) is 20.9 Å². The van der Waals surface area contributed by atoms with E-state index < -0.39 is 0 Å². The molecule has 2 aromatic rings. The molecular weight excluding hydrogens is 280 g/mol. The summed E-state index contributed by atoms with van der Waals surface area (Å²) >= 11 is 3.36. The summed E-state index contributed by atoms with van der Waals surface area (Å²) in [6.07, 6.45) is 1.51. The monoisotopic (exact) mass is 286 g/mol. The molecule has 0 unspecified atom stereocenters. The minimum Gasteiger partial charge on any atom is -0.317 e. The number of hydrogen-bond acceptors (Lipinski definition) is 3. The van der Waals surface area contributed by atoms with Gasteiger partial charge in [-0.25, -0.2) is 4.98 Å². The molecule has 0 fully saturated rings. The number of rotatable bonds is 2. The van der Waals surface area contributed by atoms with Crippen molar-refractivity contribution >= 4 is 15.9 Å². The van der Waals surface area contributed by atoms with Gasteiger partial charge in [-0.1, -0.05) is 28.1 Å². The van der Waals surface area contributed by atoms with Crippen LogP contribution in [0.1, 0.15) is 17.0 Å². The van der Waals surface area contributed by atoms with Crippen LogP contribution in [0.25, 0.3) is 0 Å². The molecule has 1 aromatic carbocycles. The van der Waals surface area contributed by atoms with Crippen LogP contribution in [0.3, 0.4) is 0 Å². The van der Waals surface area contributed by atoms with Crippen LogP contribution in [0, 0.1) is 22.7 Å². The quantitative estimate of drug-likeness (QED) is 0.852. The lowest BCUT2D eigenvalue weighted by Gasteiger charge is -2.03. The molecule has 17 heavy (non-hydrogen) atoms. The molecule has 0 amide bonds. The first-order valence-electron chi connectivity index (χ1n) is 4.84. The van der Waals surface area contributed by atoms with E-state index in [0.29, 0.717) is 12.2 Å². The lowest BCUT2D eigenvalue weighted by atomic mass is 10.2. The molecule has 1 heterocycles. The molecule has 2 rings (SSSR count). The van der Waals surface area contributed by atoms with Crippen molar-refractivity contribution in [2.45, 2.75) is 6.54 Å². The van der Waals surface area contributed by atoms with Crippen molar-refractivity contribution in [1.29, 1.82) is 10.5 Å². The lowest BCUT2D eigenvalue weighted by molar-refractivity contribution is 0.785. The van der Waals surface area contributed by atoms with Gasteiger partial charge in [-0.3, -0.25) is 0 Å². The number of imidazole rings is 1. The van der Waals surface area contributed by atoms with Gasteiger partial charge in [0.2, 0.25) is 0 Å². The predicted octanol–water partition coefficient (Wildman–Crippen LogP) is 2.44. The van der Waals surface area contributed by atoms with Crippen LogP contribution in [-0.4, -0.2) is 9.55 Å². The Morgan fingerprint density at radius 2 is 1.88 bits per heavy atom. The molecule has 0 aliphatic rings. The van der Waals surface area contributed by atoms with Gasteiger partial charge in [0.05, 0.1) is 6.33 Å². The Balaban J connectivity index is 2.31. The average molecular weight is 287 g/mol. The number of nitrogens with zero attached hydrogens (tertiary/aromatic N) is 4. The van der Waals surface area contributed by atoms with Gasteiger partial charge < -0.3 is 4.57 Å². The smallest absolute Gasteiger partial charge is 0.176 e. The number of hydrogen-bond donors (Lipinski definition) is 0. The van der Waals surface area contributed by atoms with Crippen LogP contribution < -0.4 is 0 Å². The standard InChI is InChI=1S/C12H7BrN4/c13-10-3-1-9(2-4-10)7-17-8-16-11(5-14)12(17)6-15/h1-4,8H,7H2. The highest BCUT2D eigenvalue weighted by molar-refractivity contribution is 9.10. The summed E-state index contributed by atoms with van der Waals surface area (Å²) in [5, 5.41) is 17.8. The fraction of sp³-hybridized carbons (Fsp3) is 0.0833. The SMILES string of the molecule is N#Cc1ncn(Cc2ccc(Br)cc2)c1C#N. The molecule has 0 spiro atoms. The molecule has 5 heteroatoms. The minimum atomic E-state index is 0.171. The van der Waals surface area contributed by atoms with E-state index in [1.54, 1.807) is 4.57 Å². The van der Waals surface area contributed by atoms with Crippen molar-refractivity contribution in [3.05, 3.63) is 52.0 Å². The average Bonchev–Trinajstić information content (AvgIpc) is 2.74. The molecule has 4 nitrogen and oxygen atoms in total. The van der Waals surface area contributed by atoms with Gasteiger partial charge in [0.25, 0.3) is 0 Å². The van der Waals surface area contributed by atoms with Crippen molar-refractivity contribution in [1.82, 2.24) is 9.55 Å². The topological polar surface area (TPSA) is 65.4 Å². The van der Waals surface area contributed by atoms with Crippen LogP contribution in [0.2, 0.25) is 0 Å². The molecular formula is C12H7BrN4. The third-order valence-corrected chi connectivity index (χ3v) is 2.84. The summed E-state index contributed by atoms with van der Waals surface area (Å²) in [5.74, 6) is 0. The summed E-state index contributed by atoms with van der Waals surface area (Å²) in [6.45, 7) is 0.533. The van der Waals surface area contributed by atoms with Gasteiger partial charge in [0, 0.05) is 11.0 Å². The molecule has 0 aliphatic heterocycles. The maximum absolute atomic E-state index is 8.97. The molecule has 82 valence electrons. The van der Waals surface area contributed by atoms with Crippen LogP contribution in [0.4, 0.5) is 0 Å². The number of benzene rings is 1. The lowest BCUT2D eigenvalue weighted by Crippen LogP contribution is -2.01. The number of aromatic nitrogens is 2. The highest BCUT2D eigenvalue weighted by Crippen LogP contribution is 2.13. The van der Waals surface area contributed by atoms with Crippen LogP contribution in [0.15, 0.2) is 35.1 Å². The van der Waals surface area contributed by atoms with Gasteiger partial charge in [-0.15, -0.1) is 0 Å². The third kappa shape index (κ3) is 2.35. The zero-order valence-corrected chi connectivity index (χ0v) is 10.3. The first-order valence-corrected chi connectivity index (χ1v) is 5.63.